The highest BCUT2D eigenvalue weighted by Crippen LogP contribution is 2.19. The van der Waals surface area contributed by atoms with Crippen LogP contribution in [0.1, 0.15) is 30.1 Å². The first-order chi connectivity index (χ1) is 15.1. The minimum atomic E-state index is -0.249. The summed E-state index contributed by atoms with van der Waals surface area (Å²) in [6.07, 6.45) is 6.59. The molecule has 0 spiro atoms. The molecule has 2 N–H and O–H groups in total. The van der Waals surface area contributed by atoms with Gasteiger partial charge in [0.05, 0.1) is 18.2 Å². The zero-order valence-electron chi connectivity index (χ0n) is 17.7. The quantitative estimate of drug-likeness (QED) is 0.628. The molecule has 0 aromatic carbocycles. The summed E-state index contributed by atoms with van der Waals surface area (Å²) < 4.78 is 6.46. The lowest BCUT2D eigenvalue weighted by Crippen LogP contribution is -2.44. The monoisotopic (exact) mass is 422 g/mol. The first kappa shape index (κ1) is 20.8. The summed E-state index contributed by atoms with van der Waals surface area (Å²) >= 11 is 0. The Labute approximate surface area is 180 Å². The molecule has 3 aromatic rings. The molecule has 1 fully saturated rings. The number of piperidine rings is 1. The highest BCUT2D eigenvalue weighted by molar-refractivity contribution is 5.94. The van der Waals surface area contributed by atoms with E-state index < -0.39 is 0 Å². The van der Waals surface area contributed by atoms with Crippen LogP contribution in [0.5, 0.6) is 5.88 Å². The predicted molar refractivity (Wildman–Crippen MR) is 117 cm³/mol. The number of aromatic nitrogens is 4. The number of likely N-dealkylation sites (tertiary alicyclic amines) is 1. The van der Waals surface area contributed by atoms with Crippen LogP contribution < -0.4 is 15.6 Å². The number of aromatic amines is 1. The zero-order valence-corrected chi connectivity index (χ0v) is 17.7. The number of hydrogen-bond donors (Lipinski definition) is 2. The van der Waals surface area contributed by atoms with E-state index in [1.54, 1.807) is 36.7 Å². The summed E-state index contributed by atoms with van der Waals surface area (Å²) in [5, 5.41) is 6.01. The van der Waals surface area contributed by atoms with E-state index in [0.29, 0.717) is 28.4 Å². The van der Waals surface area contributed by atoms with Crippen LogP contribution in [0.25, 0.3) is 16.9 Å². The number of hydrogen-bond acceptors (Lipinski definition) is 6. The second-order valence-electron chi connectivity index (χ2n) is 7.50. The van der Waals surface area contributed by atoms with Crippen molar-refractivity contribution in [1.29, 1.82) is 0 Å². The summed E-state index contributed by atoms with van der Waals surface area (Å²) in [5.41, 5.74) is 1.39. The molecule has 0 aliphatic carbocycles. The maximum Gasteiger partial charge on any atom is 0.280 e. The number of pyridine rings is 2. The highest BCUT2D eigenvalue weighted by Gasteiger charge is 2.20. The Morgan fingerprint density at radius 3 is 2.74 bits per heavy atom. The van der Waals surface area contributed by atoms with E-state index >= 15 is 0 Å². The Balaban J connectivity index is 1.47. The Hall–Kier alpha value is -3.46. The first-order valence-corrected chi connectivity index (χ1v) is 10.4. The van der Waals surface area contributed by atoms with Crippen molar-refractivity contribution in [2.75, 3.05) is 26.7 Å². The van der Waals surface area contributed by atoms with Crippen LogP contribution >= 0.6 is 0 Å². The van der Waals surface area contributed by atoms with Crippen LogP contribution in [-0.2, 0) is 0 Å². The van der Waals surface area contributed by atoms with Crippen molar-refractivity contribution >= 4 is 5.91 Å². The van der Waals surface area contributed by atoms with Crippen molar-refractivity contribution in [3.05, 3.63) is 58.8 Å². The minimum Gasteiger partial charge on any atom is -0.481 e. The van der Waals surface area contributed by atoms with Gasteiger partial charge < -0.3 is 15.0 Å². The van der Waals surface area contributed by atoms with Gasteiger partial charge in [0.15, 0.2) is 5.82 Å². The molecule has 9 nitrogen and oxygen atoms in total. The van der Waals surface area contributed by atoms with Gasteiger partial charge in [0.25, 0.3) is 11.5 Å². The van der Waals surface area contributed by atoms with Gasteiger partial charge >= 0.3 is 0 Å². The second-order valence-corrected chi connectivity index (χ2v) is 7.50. The molecule has 0 atom stereocenters. The summed E-state index contributed by atoms with van der Waals surface area (Å²) in [6, 6.07) is 6.95. The summed E-state index contributed by atoms with van der Waals surface area (Å²) in [4.78, 5) is 36.2. The maximum atomic E-state index is 12.8. The molecule has 0 unspecified atom stereocenters. The largest absolute Gasteiger partial charge is 0.481 e. The third-order valence-electron chi connectivity index (χ3n) is 5.64. The van der Waals surface area contributed by atoms with Crippen molar-refractivity contribution in [3.8, 4) is 22.8 Å². The van der Waals surface area contributed by atoms with Crippen molar-refractivity contribution in [1.82, 2.24) is 30.0 Å². The molecule has 162 valence electrons. The van der Waals surface area contributed by atoms with E-state index in [0.717, 1.165) is 32.5 Å². The number of nitrogens with zero attached hydrogens (tertiary/aromatic N) is 4. The van der Waals surface area contributed by atoms with Gasteiger partial charge in [-0.15, -0.1) is 0 Å². The molecule has 0 saturated carbocycles. The summed E-state index contributed by atoms with van der Waals surface area (Å²) in [5.74, 6) is 0.695. The SMILES string of the molecule is CCN1CCC(NC(=O)c2ccc(-n3[nH]cc(-c4ccnc(OC)c4)c3=O)nc2)CC1. The number of ether oxygens (including phenoxy) is 1. The van der Waals surface area contributed by atoms with Gasteiger partial charge in [-0.1, -0.05) is 6.92 Å². The fourth-order valence-corrected chi connectivity index (χ4v) is 3.75. The predicted octanol–water partition coefficient (Wildman–Crippen LogP) is 1.85. The molecule has 1 aliphatic rings. The minimum absolute atomic E-state index is 0.141. The lowest BCUT2D eigenvalue weighted by Gasteiger charge is -2.31. The molecule has 0 radical (unpaired) electrons. The third kappa shape index (κ3) is 4.51. The Morgan fingerprint density at radius 2 is 2.06 bits per heavy atom. The van der Waals surface area contributed by atoms with Crippen LogP contribution in [0, 0.1) is 0 Å². The Kier molecular flexibility index (Phi) is 6.13. The van der Waals surface area contributed by atoms with E-state index in [-0.39, 0.29) is 17.5 Å². The van der Waals surface area contributed by atoms with Crippen LogP contribution in [0.15, 0.2) is 47.7 Å². The van der Waals surface area contributed by atoms with Gasteiger partial charge in [-0.2, -0.15) is 0 Å². The molecule has 1 saturated heterocycles. The van der Waals surface area contributed by atoms with Gasteiger partial charge in [-0.05, 0) is 43.1 Å². The molecule has 31 heavy (non-hydrogen) atoms. The van der Waals surface area contributed by atoms with Gasteiger partial charge in [0.1, 0.15) is 0 Å². The average molecular weight is 422 g/mol. The van der Waals surface area contributed by atoms with Crippen LogP contribution in [0.4, 0.5) is 0 Å². The van der Waals surface area contributed by atoms with Crippen molar-refractivity contribution in [2.45, 2.75) is 25.8 Å². The van der Waals surface area contributed by atoms with E-state index in [4.69, 9.17) is 4.74 Å². The smallest absolute Gasteiger partial charge is 0.280 e. The maximum absolute atomic E-state index is 12.8. The number of amides is 1. The molecule has 0 bridgehead atoms. The lowest BCUT2D eigenvalue weighted by molar-refractivity contribution is 0.0912. The van der Waals surface area contributed by atoms with Crippen molar-refractivity contribution < 1.29 is 9.53 Å². The summed E-state index contributed by atoms with van der Waals surface area (Å²) in [6.45, 7) is 5.19. The average Bonchev–Trinajstić information content (AvgIpc) is 3.21. The number of carbonyl (C=O) groups excluding carboxylic acids is 1. The lowest BCUT2D eigenvalue weighted by atomic mass is 10.0. The molecule has 4 rings (SSSR count). The molecular formula is C22H26N6O3. The Bertz CT molecular complexity index is 1100. The number of methoxy groups -OCH3 is 1. The van der Waals surface area contributed by atoms with Crippen molar-refractivity contribution in [2.24, 2.45) is 0 Å². The van der Waals surface area contributed by atoms with Crippen LogP contribution in [0.2, 0.25) is 0 Å². The molecule has 4 heterocycles. The number of H-pyrrole nitrogens is 1. The van der Waals surface area contributed by atoms with Gasteiger partial charge in [-0.3, -0.25) is 14.7 Å². The Morgan fingerprint density at radius 1 is 1.26 bits per heavy atom. The normalized spacial score (nSPS) is 15.0. The molecule has 3 aromatic heterocycles. The number of carbonyl (C=O) groups is 1. The topological polar surface area (TPSA) is 105 Å². The number of rotatable bonds is 6. The second kappa shape index (κ2) is 9.13. The molecule has 1 amide bonds. The molecular weight excluding hydrogens is 396 g/mol. The van der Waals surface area contributed by atoms with Gasteiger partial charge in [0.2, 0.25) is 5.88 Å². The van der Waals surface area contributed by atoms with E-state index in [1.807, 2.05) is 0 Å². The fraction of sp³-hybridized carbons (Fsp3) is 0.364. The molecule has 9 heteroatoms. The standard InChI is InChI=1S/C22H26N6O3/c1-3-27-10-7-17(8-11-27)26-21(29)16-4-5-19(24-13-16)28-22(30)18(14-25-28)15-6-9-23-20(12-15)31-2/h4-6,9,12-14,17,25H,3,7-8,10-11H2,1-2H3,(H,26,29). The van der Waals surface area contributed by atoms with E-state index in [1.165, 1.54) is 18.0 Å². The summed E-state index contributed by atoms with van der Waals surface area (Å²) in [7, 11) is 1.53. The van der Waals surface area contributed by atoms with Crippen LogP contribution in [-0.4, -0.2) is 63.3 Å². The van der Waals surface area contributed by atoms with Gasteiger partial charge in [0, 0.05) is 43.8 Å². The molecule has 1 aliphatic heterocycles. The third-order valence-corrected chi connectivity index (χ3v) is 5.64. The van der Waals surface area contributed by atoms with E-state index in [2.05, 4.69) is 32.2 Å². The van der Waals surface area contributed by atoms with E-state index in [9.17, 15) is 9.59 Å². The fourth-order valence-electron chi connectivity index (χ4n) is 3.75. The van der Waals surface area contributed by atoms with Crippen LogP contribution in [0.3, 0.4) is 0 Å². The highest BCUT2D eigenvalue weighted by atomic mass is 16.5. The van der Waals surface area contributed by atoms with Crippen molar-refractivity contribution in [3.63, 3.8) is 0 Å². The first-order valence-electron chi connectivity index (χ1n) is 10.4. The van der Waals surface area contributed by atoms with Gasteiger partial charge in [-0.25, -0.2) is 14.6 Å². The zero-order chi connectivity index (χ0) is 21.8. The number of nitrogens with one attached hydrogen (secondary N) is 2.